The number of fused-ring (bicyclic) bond motifs is 1. The molecule has 1 amide bonds. The summed E-state index contributed by atoms with van der Waals surface area (Å²) in [6.07, 6.45) is 5.32. The zero-order valence-electron chi connectivity index (χ0n) is 13.1. The van der Waals surface area contributed by atoms with Crippen molar-refractivity contribution in [2.24, 2.45) is 0 Å². The number of para-hydroxylation sites is 1. The third kappa shape index (κ3) is 3.10. The molecule has 0 bridgehead atoms. The van der Waals surface area contributed by atoms with Gasteiger partial charge in [-0.1, -0.05) is 12.1 Å². The molecule has 6 heteroatoms. The largest absolute Gasteiger partial charge is 0.488 e. The smallest absolute Gasteiger partial charge is 0.282 e. The average Bonchev–Trinajstić information content (AvgIpc) is 3.06. The third-order valence-electron chi connectivity index (χ3n) is 4.09. The van der Waals surface area contributed by atoms with Crippen LogP contribution in [0.5, 0.6) is 5.75 Å². The van der Waals surface area contributed by atoms with Gasteiger partial charge >= 0.3 is 0 Å². The number of piperidine rings is 1. The molecule has 122 valence electrons. The van der Waals surface area contributed by atoms with Gasteiger partial charge in [0, 0.05) is 18.9 Å². The van der Waals surface area contributed by atoms with E-state index in [9.17, 15) is 4.79 Å². The summed E-state index contributed by atoms with van der Waals surface area (Å²) < 4.78 is 7.02. The van der Waals surface area contributed by atoms with Crippen molar-refractivity contribution in [3.8, 4) is 5.75 Å². The molecule has 0 spiro atoms. The summed E-state index contributed by atoms with van der Waals surface area (Å²) in [4.78, 5) is 23.1. The number of carbonyl (C=O) groups is 1. The normalized spacial score (nSPS) is 17.8. The zero-order chi connectivity index (χ0) is 16.4. The molecule has 1 aliphatic rings. The molecule has 0 saturated carbocycles. The SMILES string of the molecule is O=C(c1nc2ccccc2s1)N1CCCC(Oc2ccncc2)C1. The van der Waals surface area contributed by atoms with Crippen molar-refractivity contribution in [1.82, 2.24) is 14.9 Å². The highest BCUT2D eigenvalue weighted by Crippen LogP contribution is 2.24. The Labute approximate surface area is 143 Å². The molecule has 24 heavy (non-hydrogen) atoms. The van der Waals surface area contributed by atoms with Crippen LogP contribution in [-0.4, -0.2) is 40.0 Å². The van der Waals surface area contributed by atoms with Crippen LogP contribution >= 0.6 is 11.3 Å². The molecule has 1 unspecified atom stereocenters. The Morgan fingerprint density at radius 1 is 1.21 bits per heavy atom. The number of rotatable bonds is 3. The molecule has 1 fully saturated rings. The van der Waals surface area contributed by atoms with Crippen LogP contribution in [0.4, 0.5) is 0 Å². The second-order valence-electron chi connectivity index (χ2n) is 5.80. The summed E-state index contributed by atoms with van der Waals surface area (Å²) in [7, 11) is 0. The van der Waals surface area contributed by atoms with Crippen LogP contribution in [0.15, 0.2) is 48.8 Å². The van der Waals surface area contributed by atoms with Gasteiger partial charge in [0.2, 0.25) is 0 Å². The lowest BCUT2D eigenvalue weighted by Gasteiger charge is -2.32. The Kier molecular flexibility index (Phi) is 4.13. The third-order valence-corrected chi connectivity index (χ3v) is 5.12. The van der Waals surface area contributed by atoms with Gasteiger partial charge in [-0.05, 0) is 37.1 Å². The standard InChI is InChI=1S/C18H17N3O2S/c22-18(17-20-15-5-1-2-6-16(15)24-17)21-11-3-4-14(12-21)23-13-7-9-19-10-8-13/h1-2,5-10,14H,3-4,11-12H2. The molecular formula is C18H17N3O2S. The molecule has 1 atom stereocenters. The first-order chi connectivity index (χ1) is 11.8. The van der Waals surface area contributed by atoms with E-state index in [2.05, 4.69) is 9.97 Å². The number of likely N-dealkylation sites (tertiary alicyclic amines) is 1. The molecule has 4 rings (SSSR count). The van der Waals surface area contributed by atoms with E-state index in [1.807, 2.05) is 41.3 Å². The number of carbonyl (C=O) groups excluding carboxylic acids is 1. The predicted octanol–water partition coefficient (Wildman–Crippen LogP) is 3.37. The highest BCUT2D eigenvalue weighted by atomic mass is 32.1. The number of benzene rings is 1. The van der Waals surface area contributed by atoms with Gasteiger partial charge in [0.1, 0.15) is 11.9 Å². The Morgan fingerprint density at radius 2 is 2.04 bits per heavy atom. The molecule has 1 aliphatic heterocycles. The van der Waals surface area contributed by atoms with E-state index in [0.717, 1.165) is 35.4 Å². The summed E-state index contributed by atoms with van der Waals surface area (Å²) in [6, 6.07) is 11.5. The minimum atomic E-state index is -0.000714. The van der Waals surface area contributed by atoms with E-state index < -0.39 is 0 Å². The maximum atomic E-state index is 12.8. The van der Waals surface area contributed by atoms with Gasteiger partial charge in [0.15, 0.2) is 5.01 Å². The second-order valence-corrected chi connectivity index (χ2v) is 6.83. The van der Waals surface area contributed by atoms with Crippen LogP contribution in [-0.2, 0) is 0 Å². The zero-order valence-corrected chi connectivity index (χ0v) is 13.9. The maximum absolute atomic E-state index is 12.8. The number of nitrogens with zero attached hydrogens (tertiary/aromatic N) is 3. The van der Waals surface area contributed by atoms with Crippen LogP contribution in [0.3, 0.4) is 0 Å². The summed E-state index contributed by atoms with van der Waals surface area (Å²) in [5.74, 6) is 0.795. The number of hydrogen-bond donors (Lipinski definition) is 0. The van der Waals surface area contributed by atoms with E-state index in [1.165, 1.54) is 11.3 Å². The number of ether oxygens (including phenoxy) is 1. The van der Waals surface area contributed by atoms with Crippen LogP contribution in [0.1, 0.15) is 22.6 Å². The van der Waals surface area contributed by atoms with Gasteiger partial charge in [-0.15, -0.1) is 11.3 Å². The molecule has 3 heterocycles. The first-order valence-electron chi connectivity index (χ1n) is 8.01. The molecule has 5 nitrogen and oxygen atoms in total. The van der Waals surface area contributed by atoms with E-state index >= 15 is 0 Å². The van der Waals surface area contributed by atoms with Gasteiger partial charge in [0.05, 0.1) is 16.8 Å². The quantitative estimate of drug-likeness (QED) is 0.734. The minimum absolute atomic E-state index is 0.000714. The number of thiazole rings is 1. The monoisotopic (exact) mass is 339 g/mol. The highest BCUT2D eigenvalue weighted by Gasteiger charge is 2.27. The minimum Gasteiger partial charge on any atom is -0.488 e. The number of aromatic nitrogens is 2. The fourth-order valence-corrected chi connectivity index (χ4v) is 3.86. The molecule has 0 aliphatic carbocycles. The van der Waals surface area contributed by atoms with Crippen molar-refractivity contribution >= 4 is 27.5 Å². The van der Waals surface area contributed by atoms with Crippen molar-refractivity contribution in [3.05, 3.63) is 53.8 Å². The van der Waals surface area contributed by atoms with Gasteiger partial charge in [-0.3, -0.25) is 9.78 Å². The van der Waals surface area contributed by atoms with Crippen LogP contribution in [0, 0.1) is 0 Å². The van der Waals surface area contributed by atoms with Crippen molar-refractivity contribution in [1.29, 1.82) is 0 Å². The Morgan fingerprint density at radius 3 is 2.88 bits per heavy atom. The Bertz CT molecular complexity index is 817. The first-order valence-corrected chi connectivity index (χ1v) is 8.83. The van der Waals surface area contributed by atoms with E-state index in [1.54, 1.807) is 12.4 Å². The molecule has 2 aromatic heterocycles. The highest BCUT2D eigenvalue weighted by molar-refractivity contribution is 7.20. The van der Waals surface area contributed by atoms with Crippen LogP contribution in [0.2, 0.25) is 0 Å². The van der Waals surface area contributed by atoms with Gasteiger partial charge in [-0.2, -0.15) is 0 Å². The molecule has 3 aromatic rings. The fraction of sp³-hybridized carbons (Fsp3) is 0.278. The van der Waals surface area contributed by atoms with Crippen LogP contribution in [0.25, 0.3) is 10.2 Å². The number of hydrogen-bond acceptors (Lipinski definition) is 5. The summed E-state index contributed by atoms with van der Waals surface area (Å²) in [5.41, 5.74) is 0.882. The number of pyridine rings is 1. The molecule has 0 radical (unpaired) electrons. The van der Waals surface area contributed by atoms with E-state index in [0.29, 0.717) is 11.6 Å². The molecule has 0 N–H and O–H groups in total. The lowest BCUT2D eigenvalue weighted by atomic mass is 10.1. The molecule has 1 aromatic carbocycles. The fourth-order valence-electron chi connectivity index (χ4n) is 2.93. The summed E-state index contributed by atoms with van der Waals surface area (Å²) in [6.45, 7) is 1.35. The van der Waals surface area contributed by atoms with Gasteiger partial charge in [0.25, 0.3) is 5.91 Å². The first kappa shape index (κ1) is 15.1. The van der Waals surface area contributed by atoms with Crippen LogP contribution < -0.4 is 4.74 Å². The Balaban J connectivity index is 1.48. The topological polar surface area (TPSA) is 55.3 Å². The van der Waals surface area contributed by atoms with Crippen molar-refractivity contribution in [2.75, 3.05) is 13.1 Å². The van der Waals surface area contributed by atoms with Crippen molar-refractivity contribution in [3.63, 3.8) is 0 Å². The predicted molar refractivity (Wildman–Crippen MR) is 93.4 cm³/mol. The van der Waals surface area contributed by atoms with Crippen molar-refractivity contribution < 1.29 is 9.53 Å². The van der Waals surface area contributed by atoms with E-state index in [-0.39, 0.29) is 12.0 Å². The van der Waals surface area contributed by atoms with Gasteiger partial charge in [-0.25, -0.2) is 4.98 Å². The number of amides is 1. The Hall–Kier alpha value is -2.47. The second kappa shape index (κ2) is 6.57. The molecule has 1 saturated heterocycles. The summed E-state index contributed by atoms with van der Waals surface area (Å²) in [5, 5.41) is 0.556. The lowest BCUT2D eigenvalue weighted by Crippen LogP contribution is -2.44. The van der Waals surface area contributed by atoms with Crippen molar-refractivity contribution in [2.45, 2.75) is 18.9 Å². The molecular weight excluding hydrogens is 322 g/mol. The average molecular weight is 339 g/mol. The maximum Gasteiger partial charge on any atom is 0.282 e. The van der Waals surface area contributed by atoms with Gasteiger partial charge < -0.3 is 9.64 Å². The lowest BCUT2D eigenvalue weighted by molar-refractivity contribution is 0.0537. The van der Waals surface area contributed by atoms with E-state index in [4.69, 9.17) is 4.74 Å². The summed E-state index contributed by atoms with van der Waals surface area (Å²) >= 11 is 1.45.